The van der Waals surface area contributed by atoms with Gasteiger partial charge in [0.25, 0.3) is 5.60 Å². The highest BCUT2D eigenvalue weighted by atomic mass is 28.4. The molecule has 1 aromatic carbocycles. The van der Waals surface area contributed by atoms with Gasteiger partial charge < -0.3 is 24.2 Å². The second-order valence-electron chi connectivity index (χ2n) is 9.45. The van der Waals surface area contributed by atoms with Crippen LogP contribution in [0.4, 0.5) is 0 Å². The predicted octanol–water partition coefficient (Wildman–Crippen LogP) is 3.72. The minimum Gasteiger partial charge on any atom is -0.466 e. The number of benzene rings is 1. The number of rotatable bonds is 13. The third-order valence-corrected chi connectivity index (χ3v) is 10.5. The van der Waals surface area contributed by atoms with E-state index >= 15 is 0 Å². The van der Waals surface area contributed by atoms with Gasteiger partial charge in [0.2, 0.25) is 0 Å². The fraction of sp³-hybridized carbons (Fsp3) is 0.583. The first-order chi connectivity index (χ1) is 15.8. The van der Waals surface area contributed by atoms with E-state index in [1.807, 2.05) is 64.2 Å². The van der Waals surface area contributed by atoms with Crippen LogP contribution in [0.3, 0.4) is 0 Å². The van der Waals surface area contributed by atoms with Crippen LogP contribution in [0.15, 0.2) is 30.3 Å². The Morgan fingerprint density at radius 2 is 1.62 bits per heavy atom. The fourth-order valence-electron chi connectivity index (χ4n) is 2.99. The smallest absolute Gasteiger partial charge is 0.420 e. The molecule has 1 atom stereocenters. The first-order valence-electron chi connectivity index (χ1n) is 11.1. The quantitative estimate of drug-likeness (QED) is 0.103. The molecule has 0 heterocycles. The minimum atomic E-state index is -2.73. The minimum absolute atomic E-state index is 0.105. The molecule has 0 aromatic heterocycles. The number of nitrogens with zero attached hydrogens (tertiary/aromatic N) is 2. The average molecular weight is 493 g/mol. The van der Waals surface area contributed by atoms with Gasteiger partial charge in [0.1, 0.15) is 5.78 Å². The summed E-state index contributed by atoms with van der Waals surface area (Å²) in [6.45, 7) is 10.2. The van der Waals surface area contributed by atoms with Crippen molar-refractivity contribution >= 4 is 31.8 Å². The molecule has 0 amide bonds. The summed E-state index contributed by atoms with van der Waals surface area (Å²) in [4.78, 5) is 41.2. The normalized spacial score (nSPS) is 13.4. The molecule has 0 saturated carbocycles. The summed E-state index contributed by atoms with van der Waals surface area (Å²) < 4.78 is 21.6. The van der Waals surface area contributed by atoms with E-state index in [2.05, 4.69) is 4.79 Å². The summed E-state index contributed by atoms with van der Waals surface area (Å²) in [7, 11) is -0.503. The number of carbonyl (C=O) groups is 3. The predicted molar refractivity (Wildman–Crippen MR) is 129 cm³/mol. The Morgan fingerprint density at radius 3 is 2.12 bits per heavy atom. The lowest BCUT2D eigenvalue weighted by Crippen LogP contribution is -2.60. The third-order valence-electron chi connectivity index (χ3n) is 6.00. The first kappa shape index (κ1) is 29.4. The van der Waals surface area contributed by atoms with Gasteiger partial charge in [0, 0.05) is 19.3 Å². The number of hydrogen-bond donors (Lipinski definition) is 0. The molecule has 0 aliphatic carbocycles. The van der Waals surface area contributed by atoms with Crippen LogP contribution >= 0.6 is 0 Å². The summed E-state index contributed by atoms with van der Waals surface area (Å²) in [5.41, 5.74) is 7.90. The Morgan fingerprint density at radius 1 is 1.00 bits per heavy atom. The fourth-order valence-corrected chi connectivity index (χ4v) is 4.44. The van der Waals surface area contributed by atoms with E-state index in [-0.39, 0.29) is 36.7 Å². The maximum atomic E-state index is 13.0. The molecular weight excluding hydrogens is 456 g/mol. The van der Waals surface area contributed by atoms with Crippen molar-refractivity contribution in [1.82, 2.24) is 0 Å². The lowest BCUT2D eigenvalue weighted by molar-refractivity contribution is -0.161. The first-order valence-corrected chi connectivity index (χ1v) is 14.0. The summed E-state index contributed by atoms with van der Waals surface area (Å²) in [6, 6.07) is 9.56. The van der Waals surface area contributed by atoms with Crippen LogP contribution in [0.5, 0.6) is 0 Å². The Hall–Kier alpha value is -2.65. The van der Waals surface area contributed by atoms with Crippen LogP contribution in [0.2, 0.25) is 18.1 Å². The van der Waals surface area contributed by atoms with Crippen LogP contribution in [-0.4, -0.2) is 63.0 Å². The second-order valence-corrected chi connectivity index (χ2v) is 14.2. The molecule has 0 saturated heterocycles. The molecule has 10 heteroatoms. The molecular formula is C24H36N2O7Si. The standard InChI is InChI=1S/C24H36N2O7Si/c1-23(2,3)34(6,7)33-24(22(29)31-5,20(26-25)21(28)30-4)15-13-19(27)14-16-32-17-18-11-9-8-10-12-18/h8-12H,13-17H2,1-7H3/t24-/m1/s1. The number of Topliss-reactive ketones (excluding diaryl/α,β-unsaturated/α-hetero) is 1. The van der Waals surface area contributed by atoms with Crippen molar-refractivity contribution in [2.45, 2.75) is 70.4 Å². The van der Waals surface area contributed by atoms with E-state index in [0.29, 0.717) is 6.61 Å². The zero-order valence-electron chi connectivity index (χ0n) is 21.2. The molecule has 1 rings (SSSR count). The highest BCUT2D eigenvalue weighted by molar-refractivity contribution is 6.74. The Balaban J connectivity index is 3.09. The Kier molecular flexibility index (Phi) is 11.0. The third kappa shape index (κ3) is 7.70. The van der Waals surface area contributed by atoms with Crippen molar-refractivity contribution in [3.8, 4) is 0 Å². The molecule has 1 aromatic rings. The van der Waals surface area contributed by atoms with Gasteiger partial charge in [0.05, 0.1) is 27.4 Å². The van der Waals surface area contributed by atoms with E-state index in [9.17, 15) is 19.9 Å². The van der Waals surface area contributed by atoms with Gasteiger partial charge in [0.15, 0.2) is 8.32 Å². The maximum Gasteiger partial charge on any atom is 0.420 e. The molecule has 0 fully saturated rings. The van der Waals surface area contributed by atoms with Crippen LogP contribution < -0.4 is 0 Å². The van der Waals surface area contributed by atoms with Crippen molar-refractivity contribution in [1.29, 1.82) is 0 Å². The van der Waals surface area contributed by atoms with Crippen LogP contribution in [0.25, 0.3) is 5.53 Å². The monoisotopic (exact) mass is 492 g/mol. The topological polar surface area (TPSA) is 125 Å². The number of esters is 2. The van der Waals surface area contributed by atoms with E-state index in [1.54, 1.807) is 0 Å². The Labute approximate surface area is 202 Å². The molecule has 0 radical (unpaired) electrons. The molecule has 0 aliphatic rings. The number of ether oxygens (including phenoxy) is 3. The van der Waals surface area contributed by atoms with Gasteiger partial charge >= 0.3 is 17.7 Å². The van der Waals surface area contributed by atoms with Crippen molar-refractivity contribution in [2.24, 2.45) is 0 Å². The number of ketones is 1. The van der Waals surface area contributed by atoms with E-state index in [1.165, 1.54) is 0 Å². The molecule has 0 aliphatic heterocycles. The summed E-state index contributed by atoms with van der Waals surface area (Å²) >= 11 is 0. The lowest BCUT2D eigenvalue weighted by Gasteiger charge is -2.41. The molecule has 9 nitrogen and oxygen atoms in total. The van der Waals surface area contributed by atoms with Gasteiger partial charge in [-0.05, 0) is 23.7 Å². The number of methoxy groups -OCH3 is 2. The zero-order valence-corrected chi connectivity index (χ0v) is 22.2. The van der Waals surface area contributed by atoms with Crippen LogP contribution in [0.1, 0.15) is 45.6 Å². The molecule has 0 spiro atoms. The van der Waals surface area contributed by atoms with E-state index in [4.69, 9.17) is 18.6 Å². The van der Waals surface area contributed by atoms with Gasteiger partial charge in [-0.25, -0.2) is 9.59 Å². The zero-order chi connectivity index (χ0) is 26.0. The largest absolute Gasteiger partial charge is 0.466 e. The SMILES string of the molecule is COC(=O)C(=[N+]=[N-])[C@@](CCC(=O)CCOCc1ccccc1)(O[Si](C)(C)C(C)(C)C)C(=O)OC. The van der Waals surface area contributed by atoms with Gasteiger partial charge in [-0.3, -0.25) is 4.79 Å². The maximum absolute atomic E-state index is 13.0. The molecule has 34 heavy (non-hydrogen) atoms. The number of hydrogen-bond acceptors (Lipinski definition) is 7. The molecule has 0 unspecified atom stereocenters. The Bertz CT molecular complexity index is 906. The summed E-state index contributed by atoms with van der Waals surface area (Å²) in [6.07, 6.45) is -0.277. The van der Waals surface area contributed by atoms with Crippen molar-refractivity contribution in [3.63, 3.8) is 0 Å². The molecule has 188 valence electrons. The van der Waals surface area contributed by atoms with Crippen molar-refractivity contribution in [2.75, 3.05) is 20.8 Å². The summed E-state index contributed by atoms with van der Waals surface area (Å²) in [5.74, 6) is -2.20. The summed E-state index contributed by atoms with van der Waals surface area (Å²) in [5, 5.41) is -0.363. The van der Waals surface area contributed by atoms with Crippen LogP contribution in [0, 0.1) is 0 Å². The van der Waals surface area contributed by atoms with E-state index < -0.39 is 31.6 Å². The van der Waals surface area contributed by atoms with Gasteiger partial charge in [-0.2, -0.15) is 4.79 Å². The van der Waals surface area contributed by atoms with E-state index in [0.717, 1.165) is 19.8 Å². The highest BCUT2D eigenvalue weighted by Gasteiger charge is 2.60. The van der Waals surface area contributed by atoms with Gasteiger partial charge in [-0.1, -0.05) is 51.1 Å². The van der Waals surface area contributed by atoms with Crippen molar-refractivity contribution in [3.05, 3.63) is 41.4 Å². The van der Waals surface area contributed by atoms with Crippen molar-refractivity contribution < 1.29 is 37.8 Å². The van der Waals surface area contributed by atoms with Crippen LogP contribution in [-0.2, 0) is 39.6 Å². The molecule has 0 N–H and O–H groups in total. The number of carbonyl (C=O) groups excluding carboxylic acids is 3. The average Bonchev–Trinajstić information content (AvgIpc) is 2.79. The lowest BCUT2D eigenvalue weighted by atomic mass is 9.90. The second kappa shape index (κ2) is 12.7. The van der Waals surface area contributed by atoms with Gasteiger partial charge in [-0.15, -0.1) is 0 Å². The molecule has 0 bridgehead atoms. The highest BCUT2D eigenvalue weighted by Crippen LogP contribution is 2.41.